The molecular formula is C16H15Cl2NO2S. The van der Waals surface area contributed by atoms with E-state index in [1.807, 2.05) is 0 Å². The van der Waals surface area contributed by atoms with E-state index in [1.54, 1.807) is 37.3 Å². The van der Waals surface area contributed by atoms with E-state index in [2.05, 4.69) is 6.58 Å². The molecule has 2 aromatic rings. The lowest BCUT2D eigenvalue weighted by atomic mass is 10.2. The molecule has 0 heterocycles. The number of hydrogen-bond acceptors (Lipinski definition) is 2. The number of anilines is 1. The fourth-order valence-corrected chi connectivity index (χ4v) is 3.83. The van der Waals surface area contributed by atoms with Crippen molar-refractivity contribution in [2.45, 2.75) is 11.8 Å². The fraction of sp³-hybridized carbons (Fsp3) is 0.125. The molecule has 2 aromatic carbocycles. The van der Waals surface area contributed by atoms with E-state index in [1.165, 1.54) is 22.5 Å². The molecule has 0 amide bonds. The Kier molecular flexibility index (Phi) is 5.16. The molecule has 0 unspecified atom stereocenters. The van der Waals surface area contributed by atoms with E-state index >= 15 is 0 Å². The van der Waals surface area contributed by atoms with Gasteiger partial charge in [0, 0.05) is 10.0 Å². The predicted octanol–water partition coefficient (Wildman–Crippen LogP) is 4.68. The normalized spacial score (nSPS) is 11.2. The van der Waals surface area contributed by atoms with Gasteiger partial charge in [0.2, 0.25) is 0 Å². The van der Waals surface area contributed by atoms with Gasteiger partial charge in [-0.25, -0.2) is 8.42 Å². The van der Waals surface area contributed by atoms with Crippen LogP contribution in [0.4, 0.5) is 5.69 Å². The van der Waals surface area contributed by atoms with Gasteiger partial charge in [-0.1, -0.05) is 35.3 Å². The van der Waals surface area contributed by atoms with Crippen LogP contribution in [0.1, 0.15) is 5.56 Å². The van der Waals surface area contributed by atoms with Crippen LogP contribution in [0.3, 0.4) is 0 Å². The number of halogens is 2. The van der Waals surface area contributed by atoms with Crippen LogP contribution in [0.25, 0.3) is 0 Å². The monoisotopic (exact) mass is 355 g/mol. The van der Waals surface area contributed by atoms with Crippen molar-refractivity contribution in [1.82, 2.24) is 0 Å². The molecule has 2 rings (SSSR count). The third-order valence-corrected chi connectivity index (χ3v) is 5.66. The maximum absolute atomic E-state index is 12.9. The van der Waals surface area contributed by atoms with Crippen molar-refractivity contribution in [3.63, 3.8) is 0 Å². The van der Waals surface area contributed by atoms with Gasteiger partial charge in [-0.05, 0) is 48.9 Å². The van der Waals surface area contributed by atoms with Crippen molar-refractivity contribution in [3.05, 3.63) is 70.7 Å². The quantitative estimate of drug-likeness (QED) is 0.730. The Labute approximate surface area is 140 Å². The van der Waals surface area contributed by atoms with Gasteiger partial charge in [-0.3, -0.25) is 4.31 Å². The minimum absolute atomic E-state index is 0.145. The summed E-state index contributed by atoms with van der Waals surface area (Å²) in [7, 11) is -3.73. The highest BCUT2D eigenvalue weighted by Gasteiger charge is 2.25. The Hall–Kier alpha value is -1.49. The van der Waals surface area contributed by atoms with E-state index in [0.717, 1.165) is 0 Å². The second-order valence-electron chi connectivity index (χ2n) is 4.66. The second-order valence-corrected chi connectivity index (χ2v) is 7.37. The highest BCUT2D eigenvalue weighted by Crippen LogP contribution is 2.31. The summed E-state index contributed by atoms with van der Waals surface area (Å²) in [6, 6.07) is 11.2. The number of rotatable bonds is 5. The van der Waals surface area contributed by atoms with E-state index in [9.17, 15) is 8.42 Å². The molecule has 0 radical (unpaired) electrons. The van der Waals surface area contributed by atoms with E-state index in [-0.39, 0.29) is 11.4 Å². The van der Waals surface area contributed by atoms with Gasteiger partial charge in [0.15, 0.2) is 0 Å². The summed E-state index contributed by atoms with van der Waals surface area (Å²) in [5.41, 5.74) is 1.23. The van der Waals surface area contributed by atoms with Crippen LogP contribution in [0, 0.1) is 6.92 Å². The van der Waals surface area contributed by atoms with Crippen LogP contribution in [0.15, 0.2) is 60.0 Å². The molecule has 0 aliphatic carbocycles. The topological polar surface area (TPSA) is 37.4 Å². The van der Waals surface area contributed by atoms with Crippen molar-refractivity contribution in [1.29, 1.82) is 0 Å². The van der Waals surface area contributed by atoms with Crippen molar-refractivity contribution in [3.8, 4) is 0 Å². The lowest BCUT2D eigenvalue weighted by molar-refractivity contribution is 0.592. The molecule has 0 atom stereocenters. The predicted molar refractivity (Wildman–Crippen MR) is 92.4 cm³/mol. The minimum Gasteiger partial charge on any atom is -0.262 e. The molecule has 0 bridgehead atoms. The number of sulfonamides is 1. The summed E-state index contributed by atoms with van der Waals surface area (Å²) in [5.74, 6) is 0. The molecule has 6 heteroatoms. The van der Waals surface area contributed by atoms with Gasteiger partial charge < -0.3 is 0 Å². The van der Waals surface area contributed by atoms with Crippen molar-refractivity contribution in [2.24, 2.45) is 0 Å². The van der Waals surface area contributed by atoms with Gasteiger partial charge in [-0.15, -0.1) is 6.58 Å². The first kappa shape index (κ1) is 16.9. The molecule has 0 aromatic heterocycles. The molecule has 0 saturated heterocycles. The molecule has 0 spiro atoms. The Balaban J connectivity index is 2.58. The van der Waals surface area contributed by atoms with Crippen molar-refractivity contribution >= 4 is 38.9 Å². The maximum Gasteiger partial charge on any atom is 0.264 e. The summed E-state index contributed by atoms with van der Waals surface area (Å²) < 4.78 is 27.1. The number of benzene rings is 2. The first-order valence-electron chi connectivity index (χ1n) is 6.52. The third kappa shape index (κ3) is 3.29. The minimum atomic E-state index is -3.73. The zero-order valence-corrected chi connectivity index (χ0v) is 14.3. The third-order valence-electron chi connectivity index (χ3n) is 3.20. The second kappa shape index (κ2) is 6.73. The van der Waals surface area contributed by atoms with Crippen LogP contribution >= 0.6 is 23.2 Å². The lowest BCUT2D eigenvalue weighted by Crippen LogP contribution is -2.31. The van der Waals surface area contributed by atoms with Crippen LogP contribution in [-0.4, -0.2) is 15.0 Å². The fourth-order valence-electron chi connectivity index (χ4n) is 2.04. The number of hydrogen-bond donors (Lipinski definition) is 0. The Morgan fingerprint density at radius 1 is 1.14 bits per heavy atom. The highest BCUT2D eigenvalue weighted by atomic mass is 35.5. The maximum atomic E-state index is 12.9. The lowest BCUT2D eigenvalue weighted by Gasteiger charge is -2.25. The first-order chi connectivity index (χ1) is 10.4. The average molecular weight is 356 g/mol. The van der Waals surface area contributed by atoms with E-state index in [4.69, 9.17) is 23.2 Å². The van der Waals surface area contributed by atoms with Gasteiger partial charge >= 0.3 is 0 Å². The highest BCUT2D eigenvalue weighted by molar-refractivity contribution is 7.92. The molecule has 116 valence electrons. The molecule has 3 nitrogen and oxygen atoms in total. The largest absolute Gasteiger partial charge is 0.264 e. The molecule has 0 saturated carbocycles. The molecule has 0 fully saturated rings. The summed E-state index contributed by atoms with van der Waals surface area (Å²) >= 11 is 11.9. The van der Waals surface area contributed by atoms with Gasteiger partial charge in [0.25, 0.3) is 10.0 Å². The first-order valence-corrected chi connectivity index (χ1v) is 8.72. The van der Waals surface area contributed by atoms with E-state index < -0.39 is 10.0 Å². The molecule has 22 heavy (non-hydrogen) atoms. The summed E-state index contributed by atoms with van der Waals surface area (Å²) in [6.45, 7) is 5.57. The van der Waals surface area contributed by atoms with Crippen LogP contribution < -0.4 is 4.31 Å². The summed E-state index contributed by atoms with van der Waals surface area (Å²) in [6.07, 6.45) is 1.54. The Morgan fingerprint density at radius 3 is 2.36 bits per heavy atom. The summed E-state index contributed by atoms with van der Waals surface area (Å²) in [4.78, 5) is 0.165. The Morgan fingerprint density at radius 2 is 1.77 bits per heavy atom. The average Bonchev–Trinajstić information content (AvgIpc) is 2.48. The molecule has 0 aliphatic rings. The standard InChI is InChI=1S/C16H15Cl2NO2S/c1-3-11-19(16-6-4-5-15(18)12(16)2)22(20,21)14-9-7-13(17)8-10-14/h3-10H,1,11H2,2H3. The van der Waals surface area contributed by atoms with E-state index in [0.29, 0.717) is 21.3 Å². The zero-order chi connectivity index (χ0) is 16.3. The van der Waals surface area contributed by atoms with Crippen LogP contribution in [-0.2, 0) is 10.0 Å². The smallest absolute Gasteiger partial charge is 0.262 e. The van der Waals surface area contributed by atoms with Crippen LogP contribution in [0.2, 0.25) is 10.0 Å². The van der Waals surface area contributed by atoms with Crippen molar-refractivity contribution in [2.75, 3.05) is 10.8 Å². The SMILES string of the molecule is C=CCN(c1cccc(Cl)c1C)S(=O)(=O)c1ccc(Cl)cc1. The zero-order valence-electron chi connectivity index (χ0n) is 12.0. The molecule has 0 aliphatic heterocycles. The summed E-state index contributed by atoms with van der Waals surface area (Å²) in [5, 5.41) is 0.992. The molecular weight excluding hydrogens is 341 g/mol. The Bertz CT molecular complexity index is 786. The molecule has 0 N–H and O–H groups in total. The number of nitrogens with zero attached hydrogens (tertiary/aromatic N) is 1. The van der Waals surface area contributed by atoms with Crippen molar-refractivity contribution < 1.29 is 8.42 Å². The van der Waals surface area contributed by atoms with Gasteiger partial charge in [-0.2, -0.15) is 0 Å². The van der Waals surface area contributed by atoms with Gasteiger partial charge in [0.05, 0.1) is 17.1 Å². The van der Waals surface area contributed by atoms with Gasteiger partial charge in [0.1, 0.15) is 0 Å². The van der Waals surface area contributed by atoms with Crippen LogP contribution in [0.5, 0.6) is 0 Å².